The van der Waals surface area contributed by atoms with Gasteiger partial charge < -0.3 is 15.0 Å². The number of halogens is 1. The van der Waals surface area contributed by atoms with Crippen LogP contribution in [0.1, 0.15) is 26.6 Å². The Labute approximate surface area is 124 Å². The maximum Gasteiger partial charge on any atom is 0.244 e. The molecule has 0 spiro atoms. The molecule has 1 unspecified atom stereocenters. The fourth-order valence-electron chi connectivity index (χ4n) is 1.57. The minimum atomic E-state index is -0.383. The lowest BCUT2D eigenvalue weighted by molar-refractivity contribution is -0.130. The van der Waals surface area contributed by atoms with Gasteiger partial charge in [-0.25, -0.2) is 9.97 Å². The van der Waals surface area contributed by atoms with Gasteiger partial charge in [-0.05, 0) is 20.8 Å². The van der Waals surface area contributed by atoms with Crippen LogP contribution in [0.25, 0.3) is 0 Å². The molecule has 20 heavy (non-hydrogen) atoms. The van der Waals surface area contributed by atoms with E-state index in [4.69, 9.17) is 16.3 Å². The standard InChI is InChI=1S/C13H21ClN4O2/c1-5-18(4)13(19)9(3)15-11-7-10(14)16-12(17-11)8-20-6-2/h7,9H,5-6,8H2,1-4H3,(H,15,16,17). The van der Waals surface area contributed by atoms with Crippen molar-refractivity contribution >= 4 is 23.3 Å². The molecule has 1 N–H and O–H groups in total. The molecule has 0 saturated carbocycles. The first-order valence-corrected chi connectivity index (χ1v) is 6.98. The van der Waals surface area contributed by atoms with Gasteiger partial charge in [-0.2, -0.15) is 0 Å². The fourth-order valence-corrected chi connectivity index (χ4v) is 1.77. The van der Waals surface area contributed by atoms with Crippen molar-refractivity contribution in [2.45, 2.75) is 33.4 Å². The highest BCUT2D eigenvalue weighted by Gasteiger charge is 2.17. The lowest BCUT2D eigenvalue weighted by Crippen LogP contribution is -2.39. The Morgan fingerprint density at radius 1 is 1.50 bits per heavy atom. The summed E-state index contributed by atoms with van der Waals surface area (Å²) in [7, 11) is 1.76. The van der Waals surface area contributed by atoms with Crippen LogP contribution in [-0.2, 0) is 16.1 Å². The van der Waals surface area contributed by atoms with Crippen molar-refractivity contribution in [3.05, 3.63) is 17.0 Å². The summed E-state index contributed by atoms with van der Waals surface area (Å²) in [6, 6.07) is 1.21. The molecule has 0 fully saturated rings. The van der Waals surface area contributed by atoms with Gasteiger partial charge in [-0.3, -0.25) is 4.79 Å². The smallest absolute Gasteiger partial charge is 0.244 e. The number of carbonyl (C=O) groups excluding carboxylic acids is 1. The Hall–Kier alpha value is -1.40. The van der Waals surface area contributed by atoms with E-state index in [1.807, 2.05) is 13.8 Å². The minimum Gasteiger partial charge on any atom is -0.374 e. The van der Waals surface area contributed by atoms with E-state index in [2.05, 4.69) is 15.3 Å². The second-order valence-corrected chi connectivity index (χ2v) is 4.73. The summed E-state index contributed by atoms with van der Waals surface area (Å²) in [5.41, 5.74) is 0. The second-order valence-electron chi connectivity index (χ2n) is 4.35. The van der Waals surface area contributed by atoms with Gasteiger partial charge in [0.05, 0.1) is 0 Å². The van der Waals surface area contributed by atoms with Gasteiger partial charge in [0.2, 0.25) is 5.91 Å². The highest BCUT2D eigenvalue weighted by molar-refractivity contribution is 6.29. The Kier molecular flexibility index (Phi) is 6.67. The number of nitrogens with zero attached hydrogens (tertiary/aromatic N) is 3. The SMILES string of the molecule is CCOCc1nc(Cl)cc(NC(C)C(=O)N(C)CC)n1. The summed E-state index contributed by atoms with van der Waals surface area (Å²) in [6.07, 6.45) is 0. The van der Waals surface area contributed by atoms with Gasteiger partial charge in [0.25, 0.3) is 0 Å². The van der Waals surface area contributed by atoms with Crippen LogP contribution in [0.2, 0.25) is 5.15 Å². The second kappa shape index (κ2) is 8.01. The summed E-state index contributed by atoms with van der Waals surface area (Å²) >= 11 is 5.94. The quantitative estimate of drug-likeness (QED) is 0.780. The van der Waals surface area contributed by atoms with Crippen LogP contribution >= 0.6 is 11.6 Å². The Morgan fingerprint density at radius 2 is 2.20 bits per heavy atom. The van der Waals surface area contributed by atoms with E-state index in [1.54, 1.807) is 24.9 Å². The Balaban J connectivity index is 2.76. The molecule has 1 rings (SSSR count). The molecule has 0 aliphatic carbocycles. The third-order valence-electron chi connectivity index (χ3n) is 2.76. The summed E-state index contributed by atoms with van der Waals surface area (Å²) in [6.45, 7) is 7.13. The normalized spacial score (nSPS) is 12.1. The van der Waals surface area contributed by atoms with Crippen LogP contribution in [0.5, 0.6) is 0 Å². The fraction of sp³-hybridized carbons (Fsp3) is 0.615. The molecule has 1 heterocycles. The molecule has 0 aliphatic rings. The summed E-state index contributed by atoms with van der Waals surface area (Å²) in [5, 5.41) is 3.35. The van der Waals surface area contributed by atoms with Crippen molar-refractivity contribution in [2.24, 2.45) is 0 Å². The maximum absolute atomic E-state index is 12.0. The number of rotatable bonds is 7. The zero-order valence-electron chi connectivity index (χ0n) is 12.3. The molecular formula is C13H21ClN4O2. The molecule has 0 bridgehead atoms. The highest BCUT2D eigenvalue weighted by Crippen LogP contribution is 2.13. The summed E-state index contributed by atoms with van der Waals surface area (Å²) < 4.78 is 5.25. The van der Waals surface area contributed by atoms with Crippen LogP contribution in [0.4, 0.5) is 5.82 Å². The van der Waals surface area contributed by atoms with Crippen LogP contribution in [0.3, 0.4) is 0 Å². The van der Waals surface area contributed by atoms with Crippen molar-refractivity contribution in [3.63, 3.8) is 0 Å². The van der Waals surface area contributed by atoms with E-state index in [0.29, 0.717) is 36.6 Å². The average Bonchev–Trinajstić information content (AvgIpc) is 2.42. The van der Waals surface area contributed by atoms with Gasteiger partial charge in [-0.1, -0.05) is 11.6 Å². The first kappa shape index (κ1) is 16.7. The van der Waals surface area contributed by atoms with Crippen molar-refractivity contribution in [1.29, 1.82) is 0 Å². The molecule has 1 atom stereocenters. The zero-order valence-corrected chi connectivity index (χ0v) is 13.1. The van der Waals surface area contributed by atoms with Crippen molar-refractivity contribution in [3.8, 4) is 0 Å². The van der Waals surface area contributed by atoms with Crippen LogP contribution in [0, 0.1) is 0 Å². The molecule has 0 radical (unpaired) electrons. The van der Waals surface area contributed by atoms with Crippen LogP contribution < -0.4 is 5.32 Å². The molecular weight excluding hydrogens is 280 g/mol. The lowest BCUT2D eigenvalue weighted by Gasteiger charge is -2.21. The molecule has 1 aromatic rings. The van der Waals surface area contributed by atoms with Crippen LogP contribution in [-0.4, -0.2) is 47.0 Å². The molecule has 1 amide bonds. The molecule has 112 valence electrons. The lowest BCUT2D eigenvalue weighted by atomic mass is 10.3. The number of ether oxygens (including phenoxy) is 1. The van der Waals surface area contributed by atoms with Gasteiger partial charge >= 0.3 is 0 Å². The number of nitrogens with one attached hydrogen (secondary N) is 1. The molecule has 0 aromatic carbocycles. The third-order valence-corrected chi connectivity index (χ3v) is 2.96. The van der Waals surface area contributed by atoms with E-state index in [0.717, 1.165) is 0 Å². The number of carbonyl (C=O) groups is 1. The molecule has 0 saturated heterocycles. The number of amides is 1. The molecule has 1 aromatic heterocycles. The molecule has 7 heteroatoms. The van der Waals surface area contributed by atoms with E-state index < -0.39 is 0 Å². The summed E-state index contributed by atoms with van der Waals surface area (Å²) in [5.74, 6) is 1.00. The molecule has 6 nitrogen and oxygen atoms in total. The highest BCUT2D eigenvalue weighted by atomic mass is 35.5. The maximum atomic E-state index is 12.0. The zero-order chi connectivity index (χ0) is 15.1. The van der Waals surface area contributed by atoms with Gasteiger partial charge in [0.1, 0.15) is 23.6 Å². The molecule has 0 aliphatic heterocycles. The van der Waals surface area contributed by atoms with E-state index in [9.17, 15) is 4.79 Å². The largest absolute Gasteiger partial charge is 0.374 e. The number of hydrogen-bond acceptors (Lipinski definition) is 5. The van der Waals surface area contributed by atoms with Crippen molar-refractivity contribution in [1.82, 2.24) is 14.9 Å². The number of hydrogen-bond donors (Lipinski definition) is 1. The third kappa shape index (κ3) is 4.94. The van der Waals surface area contributed by atoms with E-state index in [-0.39, 0.29) is 11.9 Å². The number of anilines is 1. The summed E-state index contributed by atoms with van der Waals surface area (Å²) in [4.78, 5) is 22.0. The first-order valence-electron chi connectivity index (χ1n) is 6.60. The van der Waals surface area contributed by atoms with Crippen molar-refractivity contribution in [2.75, 3.05) is 25.5 Å². The van der Waals surface area contributed by atoms with Gasteiger partial charge in [0, 0.05) is 26.3 Å². The predicted molar refractivity (Wildman–Crippen MR) is 78.8 cm³/mol. The topological polar surface area (TPSA) is 67.3 Å². The Morgan fingerprint density at radius 3 is 2.80 bits per heavy atom. The van der Waals surface area contributed by atoms with Gasteiger partial charge in [-0.15, -0.1) is 0 Å². The average molecular weight is 301 g/mol. The number of aromatic nitrogens is 2. The number of likely N-dealkylation sites (N-methyl/N-ethyl adjacent to an activating group) is 1. The monoisotopic (exact) mass is 300 g/mol. The van der Waals surface area contributed by atoms with E-state index in [1.165, 1.54) is 0 Å². The van der Waals surface area contributed by atoms with Crippen molar-refractivity contribution < 1.29 is 9.53 Å². The van der Waals surface area contributed by atoms with Gasteiger partial charge in [0.15, 0.2) is 5.82 Å². The minimum absolute atomic E-state index is 0.00593. The first-order chi connectivity index (χ1) is 9.47. The predicted octanol–water partition coefficient (Wildman–Crippen LogP) is 1.95. The Bertz CT molecular complexity index is 456. The van der Waals surface area contributed by atoms with E-state index >= 15 is 0 Å². The van der Waals surface area contributed by atoms with Crippen LogP contribution in [0.15, 0.2) is 6.07 Å².